The number of hydrogen-bond donors (Lipinski definition) is 1. The Bertz CT molecular complexity index is 546. The van der Waals surface area contributed by atoms with E-state index in [9.17, 15) is 8.42 Å². The van der Waals surface area contributed by atoms with Gasteiger partial charge in [0.2, 0.25) is 0 Å². The largest absolute Gasteiger partial charge is 0.379 e. The molecule has 1 aromatic rings. The molecule has 6 heteroatoms. The summed E-state index contributed by atoms with van der Waals surface area (Å²) in [7, 11) is -3.20. The molecule has 0 radical (unpaired) electrons. The van der Waals surface area contributed by atoms with Crippen molar-refractivity contribution in [2.24, 2.45) is 0 Å². The van der Waals surface area contributed by atoms with Gasteiger partial charge in [-0.05, 0) is 17.7 Å². The van der Waals surface area contributed by atoms with Crippen LogP contribution >= 0.6 is 0 Å². The van der Waals surface area contributed by atoms with Crippen molar-refractivity contribution in [1.29, 1.82) is 0 Å². The summed E-state index contributed by atoms with van der Waals surface area (Å²) in [4.78, 5) is 2.79. The van der Waals surface area contributed by atoms with Crippen LogP contribution in [0.3, 0.4) is 0 Å². The molecule has 0 amide bonds. The maximum atomic E-state index is 12.2. The zero-order valence-corrected chi connectivity index (χ0v) is 12.2. The van der Waals surface area contributed by atoms with E-state index < -0.39 is 9.84 Å². The lowest BCUT2D eigenvalue weighted by atomic mass is 10.2. The van der Waals surface area contributed by atoms with Crippen LogP contribution in [0.15, 0.2) is 29.2 Å². The number of benzene rings is 1. The van der Waals surface area contributed by atoms with Gasteiger partial charge in [-0.15, -0.1) is 0 Å². The van der Waals surface area contributed by atoms with Gasteiger partial charge in [0, 0.05) is 32.7 Å². The fourth-order valence-electron chi connectivity index (χ4n) is 2.50. The highest BCUT2D eigenvalue weighted by molar-refractivity contribution is 7.92. The van der Waals surface area contributed by atoms with Crippen molar-refractivity contribution in [2.45, 2.75) is 16.7 Å². The maximum absolute atomic E-state index is 12.2. The van der Waals surface area contributed by atoms with Crippen molar-refractivity contribution in [3.63, 3.8) is 0 Å². The van der Waals surface area contributed by atoms with E-state index in [1.54, 1.807) is 12.1 Å². The Morgan fingerprint density at radius 2 is 1.80 bits per heavy atom. The zero-order valence-electron chi connectivity index (χ0n) is 11.4. The quantitative estimate of drug-likeness (QED) is 0.864. The minimum atomic E-state index is -3.20. The average molecular weight is 296 g/mol. The van der Waals surface area contributed by atoms with Crippen LogP contribution in [-0.4, -0.2) is 58.0 Å². The van der Waals surface area contributed by atoms with Gasteiger partial charge in [0.05, 0.1) is 18.1 Å². The Morgan fingerprint density at radius 3 is 2.35 bits per heavy atom. The summed E-state index contributed by atoms with van der Waals surface area (Å²) < 4.78 is 29.4. The summed E-state index contributed by atoms with van der Waals surface area (Å²) in [5.41, 5.74) is 1.16. The third-order valence-corrected chi connectivity index (χ3v) is 5.99. The first-order valence-electron chi connectivity index (χ1n) is 7.00. The van der Waals surface area contributed by atoms with Gasteiger partial charge in [0.1, 0.15) is 5.25 Å². The molecular weight excluding hydrogens is 276 g/mol. The van der Waals surface area contributed by atoms with Crippen LogP contribution < -0.4 is 5.32 Å². The second kappa shape index (κ2) is 5.81. The Hall–Kier alpha value is -0.950. The summed E-state index contributed by atoms with van der Waals surface area (Å²) in [6.07, 6.45) is 0. The van der Waals surface area contributed by atoms with E-state index in [1.165, 1.54) is 0 Å². The SMILES string of the molecule is O=S(=O)(c1ccc(CN2CCNCC2)cc1)C1COC1. The Morgan fingerprint density at radius 1 is 1.15 bits per heavy atom. The minimum Gasteiger partial charge on any atom is -0.379 e. The van der Waals surface area contributed by atoms with Gasteiger partial charge in [-0.2, -0.15) is 0 Å². The van der Waals surface area contributed by atoms with Crippen LogP contribution in [0.5, 0.6) is 0 Å². The van der Waals surface area contributed by atoms with E-state index >= 15 is 0 Å². The van der Waals surface area contributed by atoms with Crippen molar-refractivity contribution in [3.8, 4) is 0 Å². The predicted octanol–water partition coefficient (Wildman–Crippen LogP) is 0.264. The Labute approximate surface area is 119 Å². The summed E-state index contributed by atoms with van der Waals surface area (Å²) in [5.74, 6) is 0. The lowest BCUT2D eigenvalue weighted by molar-refractivity contribution is 0.0416. The topological polar surface area (TPSA) is 58.6 Å². The number of nitrogens with one attached hydrogen (secondary N) is 1. The molecule has 0 bridgehead atoms. The Kier molecular flexibility index (Phi) is 4.07. The average Bonchev–Trinajstić information content (AvgIpc) is 2.38. The smallest absolute Gasteiger partial charge is 0.185 e. The van der Waals surface area contributed by atoms with Crippen LogP contribution in [0.1, 0.15) is 5.56 Å². The molecule has 0 spiro atoms. The molecule has 1 N–H and O–H groups in total. The normalized spacial score (nSPS) is 21.6. The second-order valence-electron chi connectivity index (χ2n) is 5.37. The second-order valence-corrected chi connectivity index (χ2v) is 7.60. The van der Waals surface area contributed by atoms with Crippen molar-refractivity contribution >= 4 is 9.84 Å². The number of sulfone groups is 1. The van der Waals surface area contributed by atoms with Gasteiger partial charge in [-0.3, -0.25) is 4.90 Å². The van der Waals surface area contributed by atoms with Crippen molar-refractivity contribution in [3.05, 3.63) is 29.8 Å². The molecule has 1 aromatic carbocycles. The molecule has 0 aromatic heterocycles. The van der Waals surface area contributed by atoms with E-state index in [0.717, 1.165) is 38.3 Å². The molecule has 0 saturated carbocycles. The van der Waals surface area contributed by atoms with Crippen molar-refractivity contribution in [2.75, 3.05) is 39.4 Å². The standard InChI is InChI=1S/C14H20N2O3S/c17-20(18,14-10-19-11-14)13-3-1-12(2-4-13)9-16-7-5-15-6-8-16/h1-4,14-15H,5-11H2. The third-order valence-electron chi connectivity index (χ3n) is 3.91. The minimum absolute atomic E-state index is 0.324. The molecule has 2 fully saturated rings. The predicted molar refractivity (Wildman–Crippen MR) is 76.4 cm³/mol. The Balaban J connectivity index is 1.67. The van der Waals surface area contributed by atoms with E-state index in [4.69, 9.17) is 4.74 Å². The lowest BCUT2D eigenvalue weighted by Gasteiger charge is -2.27. The van der Waals surface area contributed by atoms with E-state index in [1.807, 2.05) is 12.1 Å². The van der Waals surface area contributed by atoms with Gasteiger partial charge in [-0.25, -0.2) is 8.42 Å². The summed E-state index contributed by atoms with van der Waals surface area (Å²) in [5, 5.41) is 2.96. The molecule has 0 aliphatic carbocycles. The summed E-state index contributed by atoms with van der Waals surface area (Å²) in [6, 6.07) is 7.30. The first-order chi connectivity index (χ1) is 9.66. The highest BCUT2D eigenvalue weighted by Crippen LogP contribution is 2.22. The molecule has 2 aliphatic rings. The van der Waals surface area contributed by atoms with Crippen LogP contribution in [0.4, 0.5) is 0 Å². The van der Waals surface area contributed by atoms with Crippen LogP contribution in [-0.2, 0) is 21.1 Å². The third kappa shape index (κ3) is 2.88. The summed E-state index contributed by atoms with van der Waals surface area (Å²) in [6.45, 7) is 5.66. The van der Waals surface area contributed by atoms with Gasteiger partial charge >= 0.3 is 0 Å². The number of rotatable bonds is 4. The molecule has 110 valence electrons. The van der Waals surface area contributed by atoms with Gasteiger partial charge in [0.15, 0.2) is 9.84 Å². The highest BCUT2D eigenvalue weighted by Gasteiger charge is 2.33. The van der Waals surface area contributed by atoms with E-state index in [2.05, 4.69) is 10.2 Å². The molecular formula is C14H20N2O3S. The molecule has 0 unspecified atom stereocenters. The molecule has 2 aliphatic heterocycles. The molecule has 5 nitrogen and oxygen atoms in total. The number of nitrogens with zero attached hydrogens (tertiary/aromatic N) is 1. The fraction of sp³-hybridized carbons (Fsp3) is 0.571. The summed E-state index contributed by atoms with van der Waals surface area (Å²) >= 11 is 0. The first kappa shape index (κ1) is 14.0. The molecule has 2 saturated heterocycles. The zero-order chi connectivity index (χ0) is 14.0. The van der Waals surface area contributed by atoms with Crippen molar-refractivity contribution in [1.82, 2.24) is 10.2 Å². The lowest BCUT2D eigenvalue weighted by Crippen LogP contribution is -2.42. The molecule has 3 rings (SSSR count). The number of ether oxygens (including phenoxy) is 1. The van der Waals surface area contributed by atoms with E-state index in [0.29, 0.717) is 18.1 Å². The van der Waals surface area contributed by atoms with Gasteiger partial charge in [-0.1, -0.05) is 12.1 Å². The van der Waals surface area contributed by atoms with Gasteiger partial charge < -0.3 is 10.1 Å². The number of piperazine rings is 1. The van der Waals surface area contributed by atoms with Crippen LogP contribution in [0, 0.1) is 0 Å². The highest BCUT2D eigenvalue weighted by atomic mass is 32.2. The van der Waals surface area contributed by atoms with Crippen LogP contribution in [0.2, 0.25) is 0 Å². The number of hydrogen-bond acceptors (Lipinski definition) is 5. The molecule has 2 heterocycles. The monoisotopic (exact) mass is 296 g/mol. The van der Waals surface area contributed by atoms with Gasteiger partial charge in [0.25, 0.3) is 0 Å². The van der Waals surface area contributed by atoms with Crippen molar-refractivity contribution < 1.29 is 13.2 Å². The van der Waals surface area contributed by atoms with Crippen LogP contribution in [0.25, 0.3) is 0 Å². The fourth-order valence-corrected chi connectivity index (χ4v) is 3.95. The first-order valence-corrected chi connectivity index (χ1v) is 8.54. The van der Waals surface area contributed by atoms with E-state index in [-0.39, 0.29) is 5.25 Å². The molecule has 20 heavy (non-hydrogen) atoms. The molecule has 0 atom stereocenters. The maximum Gasteiger partial charge on any atom is 0.185 e.